The van der Waals surface area contributed by atoms with Crippen LogP contribution in [0, 0.1) is 0 Å². The van der Waals surface area contributed by atoms with Gasteiger partial charge >= 0.3 is 0 Å². The standard InChI is InChI=1S/C14H14O5/c1-7(15)8-6-9(16)12-10(18-2)4-5-11(19-3)13(12)14(8)17/h4-6,16-17H,1-3H3. The first-order valence-corrected chi connectivity index (χ1v) is 5.61. The number of carbonyl (C=O) groups is 1. The second kappa shape index (κ2) is 4.68. The summed E-state index contributed by atoms with van der Waals surface area (Å²) in [6.07, 6.45) is 0. The van der Waals surface area contributed by atoms with Gasteiger partial charge in [0.1, 0.15) is 23.0 Å². The van der Waals surface area contributed by atoms with E-state index in [9.17, 15) is 15.0 Å². The molecule has 0 aromatic heterocycles. The molecular formula is C14H14O5. The third-order valence-electron chi connectivity index (χ3n) is 2.98. The molecule has 19 heavy (non-hydrogen) atoms. The van der Waals surface area contributed by atoms with Crippen LogP contribution in [0.5, 0.6) is 23.0 Å². The molecule has 0 saturated heterocycles. The maximum atomic E-state index is 11.5. The maximum absolute atomic E-state index is 11.5. The zero-order valence-electron chi connectivity index (χ0n) is 10.9. The Hall–Kier alpha value is -2.43. The third kappa shape index (κ3) is 1.93. The highest BCUT2D eigenvalue weighted by atomic mass is 16.5. The molecule has 100 valence electrons. The van der Waals surface area contributed by atoms with Crippen molar-refractivity contribution in [1.29, 1.82) is 0 Å². The minimum Gasteiger partial charge on any atom is -0.507 e. The first-order chi connectivity index (χ1) is 9.01. The number of ether oxygens (including phenoxy) is 2. The smallest absolute Gasteiger partial charge is 0.163 e. The van der Waals surface area contributed by atoms with Gasteiger partial charge in [-0.1, -0.05) is 0 Å². The lowest BCUT2D eigenvalue weighted by molar-refractivity contribution is 0.101. The van der Waals surface area contributed by atoms with Gasteiger partial charge < -0.3 is 19.7 Å². The van der Waals surface area contributed by atoms with E-state index in [1.54, 1.807) is 12.1 Å². The largest absolute Gasteiger partial charge is 0.507 e. The Morgan fingerprint density at radius 2 is 1.58 bits per heavy atom. The molecule has 0 aliphatic heterocycles. The fourth-order valence-electron chi connectivity index (χ4n) is 2.07. The first kappa shape index (κ1) is 13.0. The summed E-state index contributed by atoms with van der Waals surface area (Å²) in [5.74, 6) is 0.0229. The molecule has 0 fully saturated rings. The van der Waals surface area contributed by atoms with Gasteiger partial charge in [-0.2, -0.15) is 0 Å². The summed E-state index contributed by atoms with van der Waals surface area (Å²) in [6.45, 7) is 1.31. The van der Waals surface area contributed by atoms with Crippen molar-refractivity contribution in [2.45, 2.75) is 6.92 Å². The van der Waals surface area contributed by atoms with Crippen LogP contribution in [0.1, 0.15) is 17.3 Å². The van der Waals surface area contributed by atoms with Crippen LogP contribution in [0.3, 0.4) is 0 Å². The van der Waals surface area contributed by atoms with Crippen LogP contribution in [0.4, 0.5) is 0 Å². The monoisotopic (exact) mass is 262 g/mol. The molecular weight excluding hydrogens is 248 g/mol. The van der Waals surface area contributed by atoms with E-state index >= 15 is 0 Å². The van der Waals surface area contributed by atoms with Gasteiger partial charge in [0.25, 0.3) is 0 Å². The Balaban J connectivity index is 3.00. The van der Waals surface area contributed by atoms with E-state index in [1.807, 2.05) is 0 Å². The number of ketones is 1. The fraction of sp³-hybridized carbons (Fsp3) is 0.214. The summed E-state index contributed by atoms with van der Waals surface area (Å²) in [6, 6.07) is 4.44. The van der Waals surface area contributed by atoms with Gasteiger partial charge in [0.05, 0.1) is 30.6 Å². The Kier molecular flexibility index (Phi) is 3.21. The lowest BCUT2D eigenvalue weighted by Gasteiger charge is -2.14. The molecule has 0 unspecified atom stereocenters. The van der Waals surface area contributed by atoms with Gasteiger partial charge in [-0.25, -0.2) is 0 Å². The predicted molar refractivity (Wildman–Crippen MR) is 70.4 cm³/mol. The highest BCUT2D eigenvalue weighted by Gasteiger charge is 2.20. The van der Waals surface area contributed by atoms with Crippen LogP contribution in [0.2, 0.25) is 0 Å². The summed E-state index contributed by atoms with van der Waals surface area (Å²) in [5.41, 5.74) is 0.0385. The average molecular weight is 262 g/mol. The van der Waals surface area contributed by atoms with E-state index in [1.165, 1.54) is 27.2 Å². The van der Waals surface area contributed by atoms with Gasteiger partial charge in [-0.15, -0.1) is 0 Å². The van der Waals surface area contributed by atoms with Crippen molar-refractivity contribution in [1.82, 2.24) is 0 Å². The van der Waals surface area contributed by atoms with E-state index in [2.05, 4.69) is 0 Å². The van der Waals surface area contributed by atoms with Crippen LogP contribution in [-0.4, -0.2) is 30.2 Å². The minimum atomic E-state index is -0.348. The number of Topliss-reactive ketones (excluding diaryl/α,β-unsaturated/α-hetero) is 1. The van der Waals surface area contributed by atoms with Gasteiger partial charge in [-0.05, 0) is 25.1 Å². The number of fused-ring (bicyclic) bond motifs is 1. The van der Waals surface area contributed by atoms with Gasteiger partial charge in [0.15, 0.2) is 5.78 Å². The Morgan fingerprint density at radius 1 is 1.05 bits per heavy atom. The number of methoxy groups -OCH3 is 2. The van der Waals surface area contributed by atoms with Crippen LogP contribution in [0.25, 0.3) is 10.8 Å². The van der Waals surface area contributed by atoms with Crippen molar-refractivity contribution in [3.63, 3.8) is 0 Å². The van der Waals surface area contributed by atoms with Gasteiger partial charge in [-0.3, -0.25) is 4.79 Å². The van der Waals surface area contributed by atoms with Crippen molar-refractivity contribution in [2.24, 2.45) is 0 Å². The molecule has 0 aliphatic rings. The molecule has 0 aliphatic carbocycles. The molecule has 0 heterocycles. The minimum absolute atomic E-state index is 0.0385. The molecule has 0 spiro atoms. The molecule has 5 nitrogen and oxygen atoms in total. The molecule has 2 aromatic carbocycles. The highest BCUT2D eigenvalue weighted by molar-refractivity contribution is 6.09. The number of hydrogen-bond donors (Lipinski definition) is 2. The third-order valence-corrected chi connectivity index (χ3v) is 2.98. The molecule has 0 amide bonds. The number of carbonyl (C=O) groups excluding carboxylic acids is 1. The van der Waals surface area contributed by atoms with Crippen LogP contribution in [-0.2, 0) is 0 Å². The summed E-state index contributed by atoms with van der Waals surface area (Å²) in [5, 5.41) is 20.8. The lowest BCUT2D eigenvalue weighted by atomic mass is 10.0. The van der Waals surface area contributed by atoms with E-state index in [4.69, 9.17) is 9.47 Å². The molecule has 0 bridgehead atoms. The van der Waals surface area contributed by atoms with Crippen molar-refractivity contribution in [3.05, 3.63) is 23.8 Å². The molecule has 0 atom stereocenters. The number of phenolic OH excluding ortho intramolecular Hbond substituents is 2. The second-order valence-electron chi connectivity index (χ2n) is 4.07. The first-order valence-electron chi connectivity index (χ1n) is 5.61. The highest BCUT2D eigenvalue weighted by Crippen LogP contribution is 2.45. The lowest BCUT2D eigenvalue weighted by Crippen LogP contribution is -1.96. The number of phenols is 2. The van der Waals surface area contributed by atoms with Crippen molar-refractivity contribution >= 4 is 16.6 Å². The molecule has 2 rings (SSSR count). The fourth-order valence-corrected chi connectivity index (χ4v) is 2.07. The maximum Gasteiger partial charge on any atom is 0.163 e. The quantitative estimate of drug-likeness (QED) is 0.656. The van der Waals surface area contributed by atoms with Crippen molar-refractivity contribution in [3.8, 4) is 23.0 Å². The summed E-state index contributed by atoms with van der Waals surface area (Å²) >= 11 is 0. The number of benzene rings is 2. The normalized spacial score (nSPS) is 10.5. The zero-order valence-corrected chi connectivity index (χ0v) is 10.9. The Labute approximate surface area is 110 Å². The van der Waals surface area contributed by atoms with Gasteiger partial charge in [0.2, 0.25) is 0 Å². The topological polar surface area (TPSA) is 76.0 Å². The molecule has 5 heteroatoms. The van der Waals surface area contributed by atoms with Crippen LogP contribution >= 0.6 is 0 Å². The van der Waals surface area contributed by atoms with E-state index in [0.717, 1.165) is 0 Å². The molecule has 2 N–H and O–H groups in total. The summed E-state index contributed by atoms with van der Waals surface area (Å²) < 4.78 is 10.3. The number of aromatic hydroxyl groups is 2. The summed E-state index contributed by atoms with van der Waals surface area (Å²) in [7, 11) is 2.90. The SMILES string of the molecule is COc1ccc(OC)c2c(O)c(C(C)=O)cc(O)c12. The number of rotatable bonds is 3. The second-order valence-corrected chi connectivity index (χ2v) is 4.07. The molecule has 0 radical (unpaired) electrons. The van der Waals surface area contributed by atoms with Crippen molar-refractivity contribution in [2.75, 3.05) is 14.2 Å². The van der Waals surface area contributed by atoms with Crippen LogP contribution < -0.4 is 9.47 Å². The van der Waals surface area contributed by atoms with Crippen molar-refractivity contribution < 1.29 is 24.5 Å². The zero-order chi connectivity index (χ0) is 14.2. The van der Waals surface area contributed by atoms with E-state index < -0.39 is 0 Å². The average Bonchev–Trinajstić information content (AvgIpc) is 2.40. The Morgan fingerprint density at radius 3 is 2.05 bits per heavy atom. The summed E-state index contributed by atoms with van der Waals surface area (Å²) in [4.78, 5) is 11.5. The molecule has 2 aromatic rings. The predicted octanol–water partition coefficient (Wildman–Crippen LogP) is 2.47. The van der Waals surface area contributed by atoms with E-state index in [0.29, 0.717) is 16.9 Å². The molecule has 0 saturated carbocycles. The number of hydrogen-bond acceptors (Lipinski definition) is 5. The Bertz CT molecular complexity index is 661. The van der Waals surface area contributed by atoms with E-state index in [-0.39, 0.29) is 28.2 Å². The van der Waals surface area contributed by atoms with Gasteiger partial charge in [0, 0.05) is 0 Å². The van der Waals surface area contributed by atoms with Crippen LogP contribution in [0.15, 0.2) is 18.2 Å².